The lowest BCUT2D eigenvalue weighted by Crippen LogP contribution is -2.48. The Kier molecular flexibility index (Phi) is 7.20. The Morgan fingerprint density at radius 1 is 1.15 bits per heavy atom. The molecule has 146 valence electrons. The molecule has 0 aromatic heterocycles. The van der Waals surface area contributed by atoms with E-state index in [0.29, 0.717) is 12.3 Å². The van der Waals surface area contributed by atoms with Gasteiger partial charge in [-0.15, -0.1) is 11.8 Å². The monoisotopic (exact) mass is 414 g/mol. The molecule has 2 rings (SSSR count). The molecule has 1 atom stereocenters. The van der Waals surface area contributed by atoms with Crippen LogP contribution in [0.4, 0.5) is 14.5 Å². The van der Waals surface area contributed by atoms with E-state index >= 15 is 0 Å². The maximum atomic E-state index is 13.5. The summed E-state index contributed by atoms with van der Waals surface area (Å²) in [5.74, 6) is -2.21. The molecule has 1 N–H and O–H groups in total. The zero-order valence-corrected chi connectivity index (χ0v) is 16.5. The Balaban J connectivity index is 2.03. The van der Waals surface area contributed by atoms with Gasteiger partial charge in [0.25, 0.3) is 0 Å². The number of thioether (sulfide) groups is 1. The largest absolute Gasteiger partial charge is 0.353 e. The lowest BCUT2D eigenvalue weighted by molar-refractivity contribution is -0.121. The van der Waals surface area contributed by atoms with Crippen molar-refractivity contribution in [3.8, 4) is 0 Å². The van der Waals surface area contributed by atoms with E-state index in [0.717, 1.165) is 33.7 Å². The van der Waals surface area contributed by atoms with Crippen LogP contribution in [0, 0.1) is 11.6 Å². The Labute approximate surface area is 161 Å². The lowest BCUT2D eigenvalue weighted by Gasteiger charge is -2.28. The number of hydrogen-bond donors (Lipinski definition) is 1. The lowest BCUT2D eigenvalue weighted by atomic mass is 10.2. The fraction of sp³-hybridized carbons (Fsp3) is 0.278. The van der Waals surface area contributed by atoms with Gasteiger partial charge in [0.05, 0.1) is 11.9 Å². The average molecular weight is 414 g/mol. The molecule has 0 saturated carbocycles. The summed E-state index contributed by atoms with van der Waals surface area (Å²) in [6, 6.07) is 11.2. The first-order valence-corrected chi connectivity index (χ1v) is 10.9. The normalized spacial score (nSPS) is 12.4. The number of carbonyl (C=O) groups excluding carboxylic acids is 1. The van der Waals surface area contributed by atoms with Gasteiger partial charge in [-0.05, 0) is 31.2 Å². The molecule has 0 spiro atoms. The molecule has 0 aliphatic rings. The minimum Gasteiger partial charge on any atom is -0.353 e. The van der Waals surface area contributed by atoms with Crippen LogP contribution in [0.1, 0.15) is 6.92 Å². The number of benzene rings is 2. The van der Waals surface area contributed by atoms with Crippen LogP contribution in [0.5, 0.6) is 0 Å². The molecular weight excluding hydrogens is 394 g/mol. The van der Waals surface area contributed by atoms with E-state index in [1.54, 1.807) is 11.8 Å². The summed E-state index contributed by atoms with van der Waals surface area (Å²) in [5.41, 5.74) is -0.113. The van der Waals surface area contributed by atoms with Crippen LogP contribution in [0.15, 0.2) is 53.4 Å². The Morgan fingerprint density at radius 2 is 1.81 bits per heavy atom. The van der Waals surface area contributed by atoms with Crippen LogP contribution >= 0.6 is 11.8 Å². The minimum absolute atomic E-state index is 0.113. The number of carbonyl (C=O) groups is 1. The molecular formula is C18H20F2N2O3S2. The van der Waals surface area contributed by atoms with E-state index in [9.17, 15) is 22.0 Å². The zero-order valence-electron chi connectivity index (χ0n) is 14.9. The van der Waals surface area contributed by atoms with E-state index in [1.807, 2.05) is 30.3 Å². The van der Waals surface area contributed by atoms with Gasteiger partial charge in [0.1, 0.15) is 6.04 Å². The summed E-state index contributed by atoms with van der Waals surface area (Å²) in [6.07, 6.45) is 0.906. The first-order valence-electron chi connectivity index (χ1n) is 8.10. The third-order valence-corrected chi connectivity index (χ3v) is 5.91. The summed E-state index contributed by atoms with van der Waals surface area (Å²) in [6.45, 7) is 1.72. The van der Waals surface area contributed by atoms with Crippen LogP contribution in [-0.2, 0) is 14.8 Å². The van der Waals surface area contributed by atoms with E-state index in [-0.39, 0.29) is 5.69 Å². The molecule has 0 saturated heterocycles. The fourth-order valence-electron chi connectivity index (χ4n) is 2.44. The third-order valence-electron chi connectivity index (χ3n) is 3.66. The number of amides is 1. The minimum atomic E-state index is -3.89. The molecule has 0 heterocycles. The number of hydrogen-bond acceptors (Lipinski definition) is 4. The van der Waals surface area contributed by atoms with E-state index < -0.39 is 33.6 Å². The predicted molar refractivity (Wildman–Crippen MR) is 103 cm³/mol. The van der Waals surface area contributed by atoms with E-state index in [1.165, 1.54) is 6.92 Å². The second kappa shape index (κ2) is 9.18. The molecule has 0 radical (unpaired) electrons. The summed E-state index contributed by atoms with van der Waals surface area (Å²) in [5, 5.41) is 2.67. The number of anilines is 1. The molecule has 0 fully saturated rings. The number of nitrogens with one attached hydrogen (secondary N) is 1. The maximum absolute atomic E-state index is 13.5. The van der Waals surface area contributed by atoms with Crippen molar-refractivity contribution in [2.24, 2.45) is 0 Å². The molecule has 0 aliphatic heterocycles. The molecule has 0 bridgehead atoms. The summed E-state index contributed by atoms with van der Waals surface area (Å²) in [7, 11) is -3.89. The van der Waals surface area contributed by atoms with Crippen LogP contribution in [0.25, 0.3) is 0 Å². The summed E-state index contributed by atoms with van der Waals surface area (Å²) >= 11 is 1.55. The van der Waals surface area contributed by atoms with Crippen molar-refractivity contribution < 1.29 is 22.0 Å². The molecule has 0 aliphatic carbocycles. The van der Waals surface area contributed by atoms with Crippen molar-refractivity contribution in [3.05, 3.63) is 60.2 Å². The fourth-order valence-corrected chi connectivity index (χ4v) is 4.39. The van der Waals surface area contributed by atoms with Gasteiger partial charge in [0.2, 0.25) is 15.9 Å². The standard InChI is InChI=1S/C18H20F2N2O3S2/c1-13(18(23)21-10-11-26-15-6-4-3-5-7-15)22(27(2,24)25)14-8-9-16(19)17(20)12-14/h3-9,12-13H,10-11H2,1-2H3,(H,21,23)/t13-/m0/s1. The number of nitrogens with zero attached hydrogens (tertiary/aromatic N) is 1. The van der Waals surface area contributed by atoms with Crippen molar-refractivity contribution in [2.75, 3.05) is 22.9 Å². The van der Waals surface area contributed by atoms with Crippen LogP contribution in [0.3, 0.4) is 0 Å². The second-order valence-corrected chi connectivity index (χ2v) is 8.81. The van der Waals surface area contributed by atoms with Gasteiger partial charge in [0.15, 0.2) is 11.6 Å². The molecule has 2 aromatic carbocycles. The van der Waals surface area contributed by atoms with Gasteiger partial charge in [-0.1, -0.05) is 18.2 Å². The number of halogens is 2. The predicted octanol–water partition coefficient (Wildman–Crippen LogP) is 3.03. The first kappa shape index (κ1) is 21.2. The van der Waals surface area contributed by atoms with Crippen LogP contribution < -0.4 is 9.62 Å². The topological polar surface area (TPSA) is 66.5 Å². The number of rotatable bonds is 8. The molecule has 5 nitrogen and oxygen atoms in total. The van der Waals surface area contributed by atoms with Gasteiger partial charge in [-0.25, -0.2) is 17.2 Å². The summed E-state index contributed by atoms with van der Waals surface area (Å²) in [4.78, 5) is 13.4. The average Bonchev–Trinajstić information content (AvgIpc) is 2.61. The maximum Gasteiger partial charge on any atom is 0.243 e. The summed E-state index contributed by atoms with van der Waals surface area (Å²) < 4.78 is 51.6. The quantitative estimate of drug-likeness (QED) is 0.533. The zero-order chi connectivity index (χ0) is 20.0. The Bertz CT molecular complexity index is 893. The molecule has 2 aromatic rings. The first-order chi connectivity index (χ1) is 12.7. The molecule has 0 unspecified atom stereocenters. The van der Waals surface area contributed by atoms with Crippen molar-refractivity contribution in [1.29, 1.82) is 0 Å². The van der Waals surface area contributed by atoms with Crippen LogP contribution in [-0.4, -0.2) is 38.9 Å². The highest BCUT2D eigenvalue weighted by Crippen LogP contribution is 2.23. The van der Waals surface area contributed by atoms with Crippen molar-refractivity contribution in [3.63, 3.8) is 0 Å². The van der Waals surface area contributed by atoms with Gasteiger partial charge in [-0.3, -0.25) is 9.10 Å². The molecule has 27 heavy (non-hydrogen) atoms. The van der Waals surface area contributed by atoms with Gasteiger partial charge < -0.3 is 5.32 Å². The molecule has 9 heteroatoms. The highest BCUT2D eigenvalue weighted by molar-refractivity contribution is 7.99. The van der Waals surface area contributed by atoms with E-state index in [2.05, 4.69) is 5.32 Å². The van der Waals surface area contributed by atoms with Gasteiger partial charge in [-0.2, -0.15) is 0 Å². The third kappa shape index (κ3) is 5.93. The SMILES string of the molecule is C[C@@H](C(=O)NCCSc1ccccc1)N(c1ccc(F)c(F)c1)S(C)(=O)=O. The Morgan fingerprint density at radius 3 is 2.41 bits per heavy atom. The highest BCUT2D eigenvalue weighted by Gasteiger charge is 2.29. The van der Waals surface area contributed by atoms with E-state index in [4.69, 9.17) is 0 Å². The smallest absolute Gasteiger partial charge is 0.243 e. The molecule has 1 amide bonds. The van der Waals surface area contributed by atoms with Crippen LogP contribution in [0.2, 0.25) is 0 Å². The van der Waals surface area contributed by atoms with Crippen molar-refractivity contribution in [2.45, 2.75) is 17.9 Å². The number of sulfonamides is 1. The Hall–Kier alpha value is -2.13. The highest BCUT2D eigenvalue weighted by atomic mass is 32.2. The van der Waals surface area contributed by atoms with Crippen molar-refractivity contribution in [1.82, 2.24) is 5.32 Å². The van der Waals surface area contributed by atoms with Gasteiger partial charge >= 0.3 is 0 Å². The second-order valence-electron chi connectivity index (χ2n) is 5.79. The van der Waals surface area contributed by atoms with Gasteiger partial charge in [0, 0.05) is 23.3 Å². The van der Waals surface area contributed by atoms with Crippen molar-refractivity contribution >= 4 is 33.4 Å².